The number of methoxy groups -OCH3 is 1. The van der Waals surface area contributed by atoms with E-state index in [0.29, 0.717) is 12.8 Å². The zero-order valence-electron chi connectivity index (χ0n) is 10.5. The molecule has 5 nitrogen and oxygen atoms in total. The predicted octanol–water partition coefficient (Wildman–Crippen LogP) is 0.524. The average Bonchev–Trinajstić information content (AvgIpc) is 2.21. The average molecular weight is 230 g/mol. The second-order valence-electron chi connectivity index (χ2n) is 4.21. The highest BCUT2D eigenvalue weighted by Gasteiger charge is 2.20. The molecule has 2 N–H and O–H groups in total. The Morgan fingerprint density at radius 1 is 1.31 bits per heavy atom. The van der Waals surface area contributed by atoms with Gasteiger partial charge in [0.2, 0.25) is 5.91 Å². The summed E-state index contributed by atoms with van der Waals surface area (Å²) in [5.41, 5.74) is 5.58. The molecule has 5 heteroatoms. The molecule has 0 aromatic heterocycles. The number of hydrogen-bond acceptors (Lipinski definition) is 4. The number of carbonyl (C=O) groups excluding carboxylic acids is 2. The van der Waals surface area contributed by atoms with Crippen molar-refractivity contribution in [3.63, 3.8) is 0 Å². The van der Waals surface area contributed by atoms with E-state index in [-0.39, 0.29) is 24.5 Å². The lowest BCUT2D eigenvalue weighted by Gasteiger charge is -2.25. The number of ether oxygens (including phenoxy) is 1. The first kappa shape index (κ1) is 14.9. The van der Waals surface area contributed by atoms with Gasteiger partial charge in [0.05, 0.1) is 7.11 Å². The Kier molecular flexibility index (Phi) is 6.72. The molecule has 1 unspecified atom stereocenters. The summed E-state index contributed by atoms with van der Waals surface area (Å²) in [7, 11) is 1.31. The van der Waals surface area contributed by atoms with Gasteiger partial charge in [0, 0.05) is 18.5 Å². The molecule has 1 amide bonds. The van der Waals surface area contributed by atoms with Crippen LogP contribution in [0.3, 0.4) is 0 Å². The summed E-state index contributed by atoms with van der Waals surface area (Å²) in [4.78, 5) is 24.4. The van der Waals surface area contributed by atoms with Gasteiger partial charge in [0.15, 0.2) is 0 Å². The van der Waals surface area contributed by atoms with Crippen molar-refractivity contribution in [2.45, 2.75) is 45.7 Å². The van der Waals surface area contributed by atoms with Gasteiger partial charge in [-0.25, -0.2) is 0 Å². The molecule has 0 aliphatic rings. The number of amides is 1. The summed E-state index contributed by atoms with van der Waals surface area (Å²) in [5.74, 6) is -0.458. The van der Waals surface area contributed by atoms with Gasteiger partial charge in [-0.05, 0) is 27.2 Å². The standard InChI is InChI=1S/C11H22N2O3/c1-8(2)13(7-11(15)16-4)10(14)6-5-9(3)12/h8-9H,5-7,12H2,1-4H3. The van der Waals surface area contributed by atoms with Crippen LogP contribution in [-0.2, 0) is 14.3 Å². The maximum atomic E-state index is 11.8. The summed E-state index contributed by atoms with van der Waals surface area (Å²) < 4.78 is 4.55. The highest BCUT2D eigenvalue weighted by molar-refractivity contribution is 5.82. The number of esters is 1. The molecule has 0 aliphatic carbocycles. The fraction of sp³-hybridized carbons (Fsp3) is 0.818. The number of nitrogens with two attached hydrogens (primary N) is 1. The number of rotatable bonds is 6. The van der Waals surface area contributed by atoms with Gasteiger partial charge < -0.3 is 15.4 Å². The van der Waals surface area contributed by atoms with Crippen molar-refractivity contribution in [3.05, 3.63) is 0 Å². The molecule has 0 saturated carbocycles. The Bertz CT molecular complexity index is 239. The fourth-order valence-electron chi connectivity index (χ4n) is 1.26. The molecular formula is C11H22N2O3. The Labute approximate surface area is 96.9 Å². The molecular weight excluding hydrogens is 208 g/mol. The minimum absolute atomic E-state index is 0.00362. The third-order valence-electron chi connectivity index (χ3n) is 2.28. The third kappa shape index (κ3) is 5.70. The molecule has 0 rings (SSSR count). The Hall–Kier alpha value is -1.10. The minimum Gasteiger partial charge on any atom is -0.468 e. The summed E-state index contributed by atoms with van der Waals surface area (Å²) in [6.45, 7) is 5.60. The largest absolute Gasteiger partial charge is 0.468 e. The summed E-state index contributed by atoms with van der Waals surface area (Å²) in [6, 6.07) is -0.0178. The van der Waals surface area contributed by atoms with Crippen molar-refractivity contribution in [2.75, 3.05) is 13.7 Å². The van der Waals surface area contributed by atoms with Gasteiger partial charge in [0.1, 0.15) is 6.54 Å². The van der Waals surface area contributed by atoms with Gasteiger partial charge >= 0.3 is 5.97 Å². The van der Waals surface area contributed by atoms with E-state index in [9.17, 15) is 9.59 Å². The molecule has 1 atom stereocenters. The maximum Gasteiger partial charge on any atom is 0.325 e. The topological polar surface area (TPSA) is 72.6 Å². The van der Waals surface area contributed by atoms with Crippen LogP contribution in [0.1, 0.15) is 33.6 Å². The maximum absolute atomic E-state index is 11.8. The molecule has 0 aromatic carbocycles. The van der Waals surface area contributed by atoms with Crippen LogP contribution in [0.2, 0.25) is 0 Å². The van der Waals surface area contributed by atoms with Crippen LogP contribution in [0.25, 0.3) is 0 Å². The van der Waals surface area contributed by atoms with Crippen molar-refractivity contribution in [2.24, 2.45) is 5.73 Å². The molecule has 0 heterocycles. The molecule has 0 spiro atoms. The normalized spacial score (nSPS) is 12.4. The van der Waals surface area contributed by atoms with E-state index < -0.39 is 5.97 Å². The van der Waals surface area contributed by atoms with Crippen LogP contribution in [0.5, 0.6) is 0 Å². The predicted molar refractivity (Wildman–Crippen MR) is 61.7 cm³/mol. The van der Waals surface area contributed by atoms with Crippen molar-refractivity contribution in [1.29, 1.82) is 0 Å². The molecule has 0 fully saturated rings. The van der Waals surface area contributed by atoms with Gasteiger partial charge in [-0.2, -0.15) is 0 Å². The number of hydrogen-bond donors (Lipinski definition) is 1. The summed E-state index contributed by atoms with van der Waals surface area (Å²) in [6.07, 6.45) is 0.996. The van der Waals surface area contributed by atoms with Crippen LogP contribution in [0.4, 0.5) is 0 Å². The van der Waals surface area contributed by atoms with E-state index in [2.05, 4.69) is 4.74 Å². The Balaban J connectivity index is 4.30. The van der Waals surface area contributed by atoms with E-state index in [0.717, 1.165) is 0 Å². The van der Waals surface area contributed by atoms with E-state index in [1.54, 1.807) is 0 Å². The summed E-state index contributed by atoms with van der Waals surface area (Å²) in [5, 5.41) is 0. The second kappa shape index (κ2) is 7.22. The molecule has 0 saturated heterocycles. The quantitative estimate of drug-likeness (QED) is 0.675. The molecule has 0 bridgehead atoms. The number of carbonyl (C=O) groups is 2. The van der Waals surface area contributed by atoms with E-state index >= 15 is 0 Å². The highest BCUT2D eigenvalue weighted by atomic mass is 16.5. The van der Waals surface area contributed by atoms with Crippen LogP contribution in [0, 0.1) is 0 Å². The van der Waals surface area contributed by atoms with Gasteiger partial charge in [-0.15, -0.1) is 0 Å². The minimum atomic E-state index is -0.400. The zero-order valence-corrected chi connectivity index (χ0v) is 10.5. The first-order valence-electron chi connectivity index (χ1n) is 5.50. The Morgan fingerprint density at radius 3 is 2.25 bits per heavy atom. The van der Waals surface area contributed by atoms with Gasteiger partial charge in [0.25, 0.3) is 0 Å². The third-order valence-corrected chi connectivity index (χ3v) is 2.28. The molecule has 0 aromatic rings. The summed E-state index contributed by atoms with van der Waals surface area (Å²) >= 11 is 0. The fourth-order valence-corrected chi connectivity index (χ4v) is 1.26. The van der Waals surface area contributed by atoms with Crippen LogP contribution >= 0.6 is 0 Å². The number of nitrogens with zero attached hydrogens (tertiary/aromatic N) is 1. The molecule has 0 aliphatic heterocycles. The lowest BCUT2D eigenvalue weighted by molar-refractivity contribution is -0.148. The monoisotopic (exact) mass is 230 g/mol. The van der Waals surface area contributed by atoms with Gasteiger partial charge in [-0.1, -0.05) is 0 Å². The lowest BCUT2D eigenvalue weighted by atomic mass is 10.1. The molecule has 0 radical (unpaired) electrons. The van der Waals surface area contributed by atoms with Crippen LogP contribution in [-0.4, -0.2) is 42.5 Å². The first-order valence-corrected chi connectivity index (χ1v) is 5.50. The zero-order chi connectivity index (χ0) is 12.7. The Morgan fingerprint density at radius 2 is 1.88 bits per heavy atom. The van der Waals surface area contributed by atoms with Crippen molar-refractivity contribution >= 4 is 11.9 Å². The first-order chi connectivity index (χ1) is 7.38. The van der Waals surface area contributed by atoms with E-state index in [4.69, 9.17) is 5.73 Å². The van der Waals surface area contributed by atoms with Crippen molar-refractivity contribution in [3.8, 4) is 0 Å². The van der Waals surface area contributed by atoms with Crippen LogP contribution < -0.4 is 5.73 Å². The molecule has 16 heavy (non-hydrogen) atoms. The van der Waals surface area contributed by atoms with Crippen LogP contribution in [0.15, 0.2) is 0 Å². The van der Waals surface area contributed by atoms with Crippen molar-refractivity contribution in [1.82, 2.24) is 4.90 Å². The SMILES string of the molecule is COC(=O)CN(C(=O)CCC(C)N)C(C)C. The molecule has 94 valence electrons. The van der Waals surface area contributed by atoms with E-state index in [1.807, 2.05) is 20.8 Å². The van der Waals surface area contributed by atoms with Gasteiger partial charge in [-0.3, -0.25) is 9.59 Å². The second-order valence-corrected chi connectivity index (χ2v) is 4.21. The van der Waals surface area contributed by atoms with Crippen molar-refractivity contribution < 1.29 is 14.3 Å². The smallest absolute Gasteiger partial charge is 0.325 e. The lowest BCUT2D eigenvalue weighted by Crippen LogP contribution is -2.41. The highest BCUT2D eigenvalue weighted by Crippen LogP contribution is 2.05. The van der Waals surface area contributed by atoms with E-state index in [1.165, 1.54) is 12.0 Å².